The van der Waals surface area contributed by atoms with E-state index in [0.29, 0.717) is 5.92 Å². The lowest BCUT2D eigenvalue weighted by molar-refractivity contribution is 0.378. The van der Waals surface area contributed by atoms with Gasteiger partial charge in [0.05, 0.1) is 6.20 Å². The Morgan fingerprint density at radius 3 is 2.67 bits per heavy atom. The lowest BCUT2D eigenvalue weighted by atomic mass is 9.89. The summed E-state index contributed by atoms with van der Waals surface area (Å²) in [7, 11) is 1.93. The van der Waals surface area contributed by atoms with Gasteiger partial charge in [-0.05, 0) is 12.3 Å². The summed E-state index contributed by atoms with van der Waals surface area (Å²) in [4.78, 5) is 0. The molecule has 0 aromatic carbocycles. The molecule has 1 aromatic heterocycles. The van der Waals surface area contributed by atoms with E-state index in [9.17, 15) is 0 Å². The lowest BCUT2D eigenvalue weighted by Gasteiger charge is -2.21. The first-order chi connectivity index (χ1) is 7.19. The van der Waals surface area contributed by atoms with Crippen LogP contribution in [0.3, 0.4) is 0 Å². The Morgan fingerprint density at radius 1 is 1.47 bits per heavy atom. The van der Waals surface area contributed by atoms with Crippen LogP contribution in [0.5, 0.6) is 0 Å². The SMILES string of the molecule is CCCCC(CC)C(N)c1cnn(C)c1. The number of rotatable bonds is 6. The van der Waals surface area contributed by atoms with Gasteiger partial charge in [0.2, 0.25) is 0 Å². The summed E-state index contributed by atoms with van der Waals surface area (Å²) >= 11 is 0. The molecule has 0 aliphatic carbocycles. The normalized spacial score (nSPS) is 15.2. The molecule has 0 radical (unpaired) electrons. The molecule has 86 valence electrons. The summed E-state index contributed by atoms with van der Waals surface area (Å²) in [5.74, 6) is 0.592. The maximum atomic E-state index is 6.25. The van der Waals surface area contributed by atoms with Crippen molar-refractivity contribution in [1.29, 1.82) is 0 Å². The van der Waals surface area contributed by atoms with Crippen molar-refractivity contribution in [2.75, 3.05) is 0 Å². The average Bonchev–Trinajstić information content (AvgIpc) is 2.65. The molecule has 0 saturated carbocycles. The fourth-order valence-corrected chi connectivity index (χ4v) is 1.99. The molecule has 1 heterocycles. The molecule has 0 amide bonds. The lowest BCUT2D eigenvalue weighted by Crippen LogP contribution is -2.20. The Morgan fingerprint density at radius 2 is 2.20 bits per heavy atom. The summed E-state index contributed by atoms with van der Waals surface area (Å²) in [5.41, 5.74) is 7.42. The second kappa shape index (κ2) is 5.91. The number of unbranched alkanes of at least 4 members (excludes halogenated alkanes) is 1. The van der Waals surface area contributed by atoms with Crippen LogP contribution in [0.4, 0.5) is 0 Å². The highest BCUT2D eigenvalue weighted by atomic mass is 15.2. The molecule has 0 fully saturated rings. The third-order valence-corrected chi connectivity index (χ3v) is 3.07. The van der Waals surface area contributed by atoms with Gasteiger partial charge in [-0.3, -0.25) is 4.68 Å². The van der Waals surface area contributed by atoms with Crippen molar-refractivity contribution >= 4 is 0 Å². The number of hydrogen-bond donors (Lipinski definition) is 1. The molecular weight excluding hydrogens is 186 g/mol. The van der Waals surface area contributed by atoms with Crippen LogP contribution >= 0.6 is 0 Å². The first-order valence-corrected chi connectivity index (χ1v) is 5.93. The topological polar surface area (TPSA) is 43.8 Å². The van der Waals surface area contributed by atoms with Crippen LogP contribution in [-0.4, -0.2) is 9.78 Å². The highest BCUT2D eigenvalue weighted by Gasteiger charge is 2.18. The number of nitrogens with two attached hydrogens (primary N) is 1. The Hall–Kier alpha value is -0.830. The molecule has 15 heavy (non-hydrogen) atoms. The molecule has 2 atom stereocenters. The fourth-order valence-electron chi connectivity index (χ4n) is 1.99. The minimum absolute atomic E-state index is 0.148. The molecule has 1 rings (SSSR count). The number of aromatic nitrogens is 2. The van der Waals surface area contributed by atoms with Gasteiger partial charge in [0, 0.05) is 24.8 Å². The zero-order chi connectivity index (χ0) is 11.3. The van der Waals surface area contributed by atoms with Crippen molar-refractivity contribution in [2.24, 2.45) is 18.7 Å². The fraction of sp³-hybridized carbons (Fsp3) is 0.750. The summed E-state index contributed by atoms with van der Waals surface area (Å²) < 4.78 is 1.82. The summed E-state index contributed by atoms with van der Waals surface area (Å²) in [6.45, 7) is 4.44. The first-order valence-electron chi connectivity index (χ1n) is 5.93. The summed E-state index contributed by atoms with van der Waals surface area (Å²) in [6, 6.07) is 0.148. The van der Waals surface area contributed by atoms with Gasteiger partial charge in [-0.15, -0.1) is 0 Å². The maximum absolute atomic E-state index is 6.25. The van der Waals surface area contributed by atoms with Gasteiger partial charge >= 0.3 is 0 Å². The van der Waals surface area contributed by atoms with Gasteiger partial charge in [-0.2, -0.15) is 5.10 Å². The van der Waals surface area contributed by atoms with Crippen LogP contribution in [0.15, 0.2) is 12.4 Å². The van der Waals surface area contributed by atoms with Crippen molar-refractivity contribution in [2.45, 2.75) is 45.6 Å². The average molecular weight is 209 g/mol. The third kappa shape index (κ3) is 3.34. The Labute approximate surface area is 92.7 Å². The van der Waals surface area contributed by atoms with Crippen LogP contribution in [0, 0.1) is 5.92 Å². The van der Waals surface area contributed by atoms with Gasteiger partial charge < -0.3 is 5.73 Å². The van der Waals surface area contributed by atoms with Crippen LogP contribution in [-0.2, 0) is 7.05 Å². The van der Waals surface area contributed by atoms with E-state index in [2.05, 4.69) is 18.9 Å². The molecule has 1 aromatic rings. The van der Waals surface area contributed by atoms with Crippen molar-refractivity contribution in [3.8, 4) is 0 Å². The van der Waals surface area contributed by atoms with E-state index in [1.165, 1.54) is 24.8 Å². The molecule has 2 unspecified atom stereocenters. The predicted molar refractivity (Wildman–Crippen MR) is 63.4 cm³/mol. The van der Waals surface area contributed by atoms with Crippen LogP contribution < -0.4 is 5.73 Å². The Balaban J connectivity index is 2.59. The smallest absolute Gasteiger partial charge is 0.0537 e. The highest BCUT2D eigenvalue weighted by molar-refractivity contribution is 5.10. The van der Waals surface area contributed by atoms with Gasteiger partial charge in [0.1, 0.15) is 0 Å². The minimum Gasteiger partial charge on any atom is -0.324 e. The number of nitrogens with zero attached hydrogens (tertiary/aromatic N) is 2. The van der Waals surface area contributed by atoms with Crippen LogP contribution in [0.1, 0.15) is 51.1 Å². The van der Waals surface area contributed by atoms with Crippen molar-refractivity contribution in [3.63, 3.8) is 0 Å². The predicted octanol–water partition coefficient (Wildman–Crippen LogP) is 2.64. The van der Waals surface area contributed by atoms with Crippen molar-refractivity contribution in [3.05, 3.63) is 18.0 Å². The van der Waals surface area contributed by atoms with Crippen molar-refractivity contribution < 1.29 is 0 Å². The maximum Gasteiger partial charge on any atom is 0.0537 e. The van der Waals surface area contributed by atoms with E-state index in [1.807, 2.05) is 24.1 Å². The van der Waals surface area contributed by atoms with Gasteiger partial charge in [-0.25, -0.2) is 0 Å². The second-order valence-electron chi connectivity index (χ2n) is 4.28. The van der Waals surface area contributed by atoms with Gasteiger partial charge in [-0.1, -0.05) is 33.1 Å². The van der Waals surface area contributed by atoms with Gasteiger partial charge in [0.15, 0.2) is 0 Å². The molecule has 0 aliphatic rings. The largest absolute Gasteiger partial charge is 0.324 e. The van der Waals surface area contributed by atoms with E-state index in [4.69, 9.17) is 5.73 Å². The molecular formula is C12H23N3. The number of aryl methyl sites for hydroxylation is 1. The highest BCUT2D eigenvalue weighted by Crippen LogP contribution is 2.26. The summed E-state index contributed by atoms with van der Waals surface area (Å²) in [6.07, 6.45) is 8.81. The molecule has 2 N–H and O–H groups in total. The van der Waals surface area contributed by atoms with Gasteiger partial charge in [0.25, 0.3) is 0 Å². The Kier molecular flexibility index (Phi) is 4.82. The molecule has 0 saturated heterocycles. The van der Waals surface area contributed by atoms with E-state index >= 15 is 0 Å². The minimum atomic E-state index is 0.148. The van der Waals surface area contributed by atoms with E-state index in [-0.39, 0.29) is 6.04 Å². The molecule has 0 bridgehead atoms. The molecule has 3 nitrogen and oxygen atoms in total. The second-order valence-corrected chi connectivity index (χ2v) is 4.28. The first kappa shape index (κ1) is 12.2. The number of hydrogen-bond acceptors (Lipinski definition) is 2. The third-order valence-electron chi connectivity index (χ3n) is 3.07. The zero-order valence-electron chi connectivity index (χ0n) is 10.1. The summed E-state index contributed by atoms with van der Waals surface area (Å²) in [5, 5.41) is 4.17. The van der Waals surface area contributed by atoms with E-state index in [1.54, 1.807) is 0 Å². The Bertz CT molecular complexity index is 280. The quantitative estimate of drug-likeness (QED) is 0.782. The van der Waals surface area contributed by atoms with Crippen LogP contribution in [0.2, 0.25) is 0 Å². The van der Waals surface area contributed by atoms with E-state index in [0.717, 1.165) is 6.42 Å². The molecule has 0 spiro atoms. The van der Waals surface area contributed by atoms with Crippen LogP contribution in [0.25, 0.3) is 0 Å². The standard InChI is InChI=1S/C12H23N3/c1-4-6-7-10(5-2)12(13)11-8-14-15(3)9-11/h8-10,12H,4-7,13H2,1-3H3. The van der Waals surface area contributed by atoms with Crippen molar-refractivity contribution in [1.82, 2.24) is 9.78 Å². The molecule has 3 heteroatoms. The monoisotopic (exact) mass is 209 g/mol. The molecule has 0 aliphatic heterocycles. The van der Waals surface area contributed by atoms with E-state index < -0.39 is 0 Å². The zero-order valence-corrected chi connectivity index (χ0v) is 10.1.